The Bertz CT molecular complexity index is 832. The van der Waals surface area contributed by atoms with E-state index in [2.05, 4.69) is 10.4 Å². The van der Waals surface area contributed by atoms with E-state index in [0.29, 0.717) is 4.68 Å². The second-order valence-corrected chi connectivity index (χ2v) is 5.18. The highest BCUT2D eigenvalue weighted by Crippen LogP contribution is 2.27. The first kappa shape index (κ1) is 14.9. The number of carbonyl (C=O) groups excluding carboxylic acids is 1. The third kappa shape index (κ3) is 2.96. The molecule has 0 radical (unpaired) electrons. The molecule has 0 N–H and O–H groups in total. The van der Waals surface area contributed by atoms with Gasteiger partial charge in [0.1, 0.15) is 5.82 Å². The van der Waals surface area contributed by atoms with Gasteiger partial charge in [0.15, 0.2) is 0 Å². The van der Waals surface area contributed by atoms with Gasteiger partial charge in [-0.15, -0.1) is 4.68 Å². The average molecular weight is 316 g/mol. The Morgan fingerprint density at radius 1 is 1.43 bits per heavy atom. The van der Waals surface area contributed by atoms with Crippen molar-refractivity contribution < 1.29 is 9.18 Å². The summed E-state index contributed by atoms with van der Waals surface area (Å²) < 4.78 is 14.8. The van der Waals surface area contributed by atoms with Gasteiger partial charge in [-0.2, -0.15) is 9.94 Å². The van der Waals surface area contributed by atoms with E-state index >= 15 is 0 Å². The Morgan fingerprint density at radius 2 is 2.22 bits per heavy atom. The standard InChI is InChI=1S/C14H13FN6O2/c15-10-3-1-4-12(9-10)20-14(23)21(18-17-20)13(22)19(8-2-7-16)11-5-6-11/h1,3-4,9,11H,2,5-6,8H2. The Kier molecular flexibility index (Phi) is 3.89. The molecule has 0 bridgehead atoms. The number of tetrazole rings is 1. The summed E-state index contributed by atoms with van der Waals surface area (Å²) in [5.41, 5.74) is -0.591. The molecule has 1 amide bonds. The van der Waals surface area contributed by atoms with E-state index in [9.17, 15) is 14.0 Å². The molecular weight excluding hydrogens is 303 g/mol. The van der Waals surface area contributed by atoms with E-state index in [-0.39, 0.29) is 24.7 Å². The minimum Gasteiger partial charge on any atom is -0.319 e. The summed E-state index contributed by atoms with van der Waals surface area (Å²) in [6.07, 6.45) is 1.85. The van der Waals surface area contributed by atoms with Crippen molar-refractivity contribution in [3.63, 3.8) is 0 Å². The number of benzene rings is 1. The molecule has 23 heavy (non-hydrogen) atoms. The molecule has 1 aromatic heterocycles. The highest BCUT2D eigenvalue weighted by Gasteiger charge is 2.34. The van der Waals surface area contributed by atoms with Crippen molar-refractivity contribution in [1.29, 1.82) is 5.26 Å². The summed E-state index contributed by atoms with van der Waals surface area (Å²) in [5.74, 6) is -0.524. The van der Waals surface area contributed by atoms with Crippen LogP contribution >= 0.6 is 0 Å². The first-order chi connectivity index (χ1) is 11.1. The first-order valence-electron chi connectivity index (χ1n) is 7.10. The minimum atomic E-state index is -0.775. The summed E-state index contributed by atoms with van der Waals surface area (Å²) in [6, 6.07) is 6.67. The Morgan fingerprint density at radius 3 is 2.87 bits per heavy atom. The predicted molar refractivity (Wildman–Crippen MR) is 76.3 cm³/mol. The lowest BCUT2D eigenvalue weighted by Gasteiger charge is -2.19. The monoisotopic (exact) mass is 316 g/mol. The SMILES string of the molecule is N#CCCN(C(=O)n1nnn(-c2cccc(F)c2)c1=O)C1CC1. The van der Waals surface area contributed by atoms with Gasteiger partial charge in [0.2, 0.25) is 0 Å². The van der Waals surface area contributed by atoms with Crippen LogP contribution in [-0.4, -0.2) is 43.3 Å². The first-order valence-corrected chi connectivity index (χ1v) is 7.10. The molecule has 1 fully saturated rings. The topological polar surface area (TPSA) is 96.8 Å². The number of nitrogens with zero attached hydrogens (tertiary/aromatic N) is 6. The van der Waals surface area contributed by atoms with Crippen LogP contribution in [-0.2, 0) is 0 Å². The lowest BCUT2D eigenvalue weighted by molar-refractivity contribution is 0.193. The summed E-state index contributed by atoms with van der Waals surface area (Å²) in [6.45, 7) is 0.235. The van der Waals surface area contributed by atoms with Crippen molar-refractivity contribution in [3.05, 3.63) is 40.6 Å². The second-order valence-electron chi connectivity index (χ2n) is 5.18. The number of hydrogen-bond acceptors (Lipinski definition) is 5. The normalized spacial score (nSPS) is 13.6. The number of nitriles is 1. The van der Waals surface area contributed by atoms with Crippen LogP contribution in [0.5, 0.6) is 0 Å². The Balaban J connectivity index is 1.90. The van der Waals surface area contributed by atoms with Crippen molar-refractivity contribution in [2.45, 2.75) is 25.3 Å². The van der Waals surface area contributed by atoms with Crippen LogP contribution in [0.15, 0.2) is 29.1 Å². The van der Waals surface area contributed by atoms with Crippen LogP contribution in [0, 0.1) is 17.1 Å². The molecule has 8 nitrogen and oxygen atoms in total. The summed E-state index contributed by atoms with van der Waals surface area (Å²) in [4.78, 5) is 26.2. The Hall–Kier alpha value is -3.02. The number of carbonyl (C=O) groups is 1. The zero-order valence-corrected chi connectivity index (χ0v) is 12.1. The number of halogens is 1. The molecule has 1 aromatic carbocycles. The highest BCUT2D eigenvalue weighted by molar-refractivity contribution is 5.76. The number of amides is 1. The maximum atomic E-state index is 13.3. The predicted octanol–water partition coefficient (Wildman–Crippen LogP) is 0.914. The number of aromatic nitrogens is 4. The molecule has 0 saturated heterocycles. The summed E-state index contributed by atoms with van der Waals surface area (Å²) in [7, 11) is 0. The largest absolute Gasteiger partial charge is 0.377 e. The molecule has 2 aromatic rings. The van der Waals surface area contributed by atoms with Gasteiger partial charge in [0, 0.05) is 12.6 Å². The van der Waals surface area contributed by atoms with E-state index in [1.165, 1.54) is 23.1 Å². The fourth-order valence-corrected chi connectivity index (χ4v) is 2.25. The smallest absolute Gasteiger partial charge is 0.319 e. The van der Waals surface area contributed by atoms with Gasteiger partial charge in [-0.05, 0) is 41.5 Å². The number of hydrogen-bond donors (Lipinski definition) is 0. The van der Waals surface area contributed by atoms with Gasteiger partial charge in [-0.25, -0.2) is 14.0 Å². The molecule has 3 rings (SSSR count). The molecule has 1 saturated carbocycles. The molecular formula is C14H13FN6O2. The van der Waals surface area contributed by atoms with E-state index < -0.39 is 17.5 Å². The maximum Gasteiger partial charge on any atom is 0.377 e. The van der Waals surface area contributed by atoms with E-state index in [0.717, 1.165) is 23.6 Å². The Labute approximate surface area is 130 Å². The van der Waals surface area contributed by atoms with Crippen LogP contribution in [0.3, 0.4) is 0 Å². The molecule has 1 aliphatic carbocycles. The van der Waals surface area contributed by atoms with Crippen LogP contribution < -0.4 is 5.69 Å². The van der Waals surface area contributed by atoms with Gasteiger partial charge in [-0.3, -0.25) is 0 Å². The fraction of sp³-hybridized carbons (Fsp3) is 0.357. The van der Waals surface area contributed by atoms with Crippen molar-refractivity contribution in [3.8, 4) is 11.8 Å². The second kappa shape index (κ2) is 6.00. The van der Waals surface area contributed by atoms with Gasteiger partial charge in [0.05, 0.1) is 18.2 Å². The van der Waals surface area contributed by atoms with E-state index in [4.69, 9.17) is 5.26 Å². The highest BCUT2D eigenvalue weighted by atomic mass is 19.1. The van der Waals surface area contributed by atoms with Crippen molar-refractivity contribution in [2.75, 3.05) is 6.54 Å². The van der Waals surface area contributed by atoms with Crippen molar-refractivity contribution in [1.82, 2.24) is 24.7 Å². The maximum absolute atomic E-state index is 13.3. The summed E-state index contributed by atoms with van der Waals surface area (Å²) >= 11 is 0. The van der Waals surface area contributed by atoms with Crippen LogP contribution in [0.25, 0.3) is 5.69 Å². The van der Waals surface area contributed by atoms with Crippen LogP contribution in [0.4, 0.5) is 9.18 Å². The zero-order chi connectivity index (χ0) is 16.4. The molecule has 0 spiro atoms. The van der Waals surface area contributed by atoms with Gasteiger partial charge >= 0.3 is 11.7 Å². The van der Waals surface area contributed by atoms with Gasteiger partial charge < -0.3 is 4.90 Å². The lowest BCUT2D eigenvalue weighted by Crippen LogP contribution is -2.42. The molecule has 9 heteroatoms. The number of rotatable bonds is 4. The average Bonchev–Trinajstić information content (AvgIpc) is 3.29. The van der Waals surface area contributed by atoms with Gasteiger partial charge in [-0.1, -0.05) is 6.07 Å². The van der Waals surface area contributed by atoms with Crippen molar-refractivity contribution in [2.24, 2.45) is 0 Å². The van der Waals surface area contributed by atoms with Gasteiger partial charge in [0.25, 0.3) is 0 Å². The molecule has 0 aliphatic heterocycles. The van der Waals surface area contributed by atoms with Crippen molar-refractivity contribution >= 4 is 6.03 Å². The molecule has 118 valence electrons. The lowest BCUT2D eigenvalue weighted by atomic mass is 10.3. The zero-order valence-electron chi connectivity index (χ0n) is 12.1. The molecule has 0 unspecified atom stereocenters. The van der Waals surface area contributed by atoms with Crippen LogP contribution in [0.1, 0.15) is 19.3 Å². The third-order valence-corrected chi connectivity index (χ3v) is 3.51. The third-order valence-electron chi connectivity index (χ3n) is 3.51. The molecule has 0 atom stereocenters. The quantitative estimate of drug-likeness (QED) is 0.781. The van der Waals surface area contributed by atoms with Crippen LogP contribution in [0.2, 0.25) is 0 Å². The minimum absolute atomic E-state index is 0.0297. The van der Waals surface area contributed by atoms with E-state index in [1.807, 2.05) is 6.07 Å². The fourth-order valence-electron chi connectivity index (χ4n) is 2.25. The van der Waals surface area contributed by atoms with E-state index in [1.54, 1.807) is 0 Å². The molecule has 1 aliphatic rings. The summed E-state index contributed by atoms with van der Waals surface area (Å²) in [5, 5.41) is 15.9. The molecule has 1 heterocycles.